The van der Waals surface area contributed by atoms with Crippen LogP contribution in [0.3, 0.4) is 0 Å². The lowest BCUT2D eigenvalue weighted by Crippen LogP contribution is -2.46. The topological polar surface area (TPSA) is 216 Å². The average Bonchev–Trinajstić information content (AvgIpc) is 3.89. The van der Waals surface area contributed by atoms with E-state index in [2.05, 4.69) is 47.3 Å². The minimum absolute atomic E-state index is 0.0279. The zero-order valence-corrected chi connectivity index (χ0v) is 34.4. The van der Waals surface area contributed by atoms with E-state index in [0.29, 0.717) is 29.9 Å². The van der Waals surface area contributed by atoms with E-state index in [1.54, 1.807) is 43.6 Å². The second-order valence-electron chi connectivity index (χ2n) is 15.6. The quantitative estimate of drug-likeness (QED) is 0.150. The molecule has 0 bridgehead atoms. The van der Waals surface area contributed by atoms with Crippen molar-refractivity contribution in [2.75, 3.05) is 26.3 Å². The SMILES string of the molecule is C[C@@H]1CC[C@@H](n2ncc(C(C)(C)O)n2)CN1.C[C@@H]1CC[C@@H](n2ncc(C(C)(C)O)n2)CN1C(=O)c1cccnc1OCC(F)(F)F.O=C(O)c1cccnc1OCC(F)(F)F. The number of nitrogens with zero attached hydrogens (tertiary/aromatic N) is 9. The third-order valence-electron chi connectivity index (χ3n) is 9.42. The maximum atomic E-state index is 13.1. The molecule has 0 radical (unpaired) electrons. The average molecular weight is 873 g/mol. The van der Waals surface area contributed by atoms with E-state index in [1.165, 1.54) is 35.4 Å². The van der Waals surface area contributed by atoms with Gasteiger partial charge in [0.2, 0.25) is 11.8 Å². The lowest BCUT2D eigenvalue weighted by Gasteiger charge is -2.37. The number of aromatic nitrogens is 8. The molecule has 0 spiro atoms. The Morgan fingerprint density at radius 2 is 1.23 bits per heavy atom. The molecule has 4 atom stereocenters. The highest BCUT2D eigenvalue weighted by Gasteiger charge is 2.35. The van der Waals surface area contributed by atoms with Gasteiger partial charge in [-0.15, -0.1) is 0 Å². The number of carbonyl (C=O) groups excluding carboxylic acids is 1. The number of hydrogen-bond acceptors (Lipinski definition) is 13. The molecule has 0 aromatic carbocycles. The number of nitrogens with one attached hydrogen (secondary N) is 1. The molecule has 61 heavy (non-hydrogen) atoms. The van der Waals surface area contributed by atoms with Crippen molar-refractivity contribution in [3.8, 4) is 11.8 Å². The Morgan fingerprint density at radius 3 is 1.67 bits per heavy atom. The number of piperidine rings is 2. The molecular weight excluding hydrogens is 822 g/mol. The van der Waals surface area contributed by atoms with Crippen molar-refractivity contribution in [2.24, 2.45) is 0 Å². The zero-order chi connectivity index (χ0) is 45.3. The van der Waals surface area contributed by atoms with Crippen molar-refractivity contribution in [3.63, 3.8) is 0 Å². The summed E-state index contributed by atoms with van der Waals surface area (Å²) in [4.78, 5) is 35.7. The first-order valence-electron chi connectivity index (χ1n) is 19.2. The Labute approximate surface area is 347 Å². The molecule has 0 saturated carbocycles. The van der Waals surface area contributed by atoms with Crippen molar-refractivity contribution in [1.82, 2.24) is 50.2 Å². The third-order valence-corrected chi connectivity index (χ3v) is 9.42. The Kier molecular flexibility index (Phi) is 15.8. The van der Waals surface area contributed by atoms with E-state index in [9.17, 15) is 46.1 Å². The number of hydrogen-bond donors (Lipinski definition) is 4. The molecule has 4 aromatic heterocycles. The molecule has 6 rings (SSSR count). The Balaban J connectivity index is 0.000000222. The van der Waals surface area contributed by atoms with E-state index < -0.39 is 60.1 Å². The van der Waals surface area contributed by atoms with Gasteiger partial charge in [-0.05, 0) is 91.5 Å². The Bertz CT molecular complexity index is 2040. The predicted molar refractivity (Wildman–Crippen MR) is 204 cm³/mol. The first-order chi connectivity index (χ1) is 28.3. The number of pyridine rings is 2. The summed E-state index contributed by atoms with van der Waals surface area (Å²) in [7, 11) is 0. The summed E-state index contributed by atoms with van der Waals surface area (Å²) in [6, 6.07) is 5.82. The van der Waals surface area contributed by atoms with Gasteiger partial charge in [-0.1, -0.05) is 0 Å². The molecule has 17 nitrogen and oxygen atoms in total. The standard InChI is InChI=1S/C19H24F3N5O3.C11H20N4O.C8H6F3NO3/c1-12-6-7-13(27-24-9-15(25-27)18(2,3)29)10-26(12)17(28)14-5-4-8-23-16(14)30-11-19(20,21)22;1-8-4-5-9(6-12-8)15-13-7-10(14-15)11(2,3)16;9-8(10,11)4-15-6-5(7(13)14)2-1-3-12-6/h4-5,8-9,12-13,29H,6-7,10-11H2,1-3H3;7-9,12,16H,4-6H2,1-3H3;1-3H,4H2,(H,13,14)/t12-,13-;8-,9-;/m11./s1. The molecule has 0 unspecified atom stereocenters. The first kappa shape index (κ1) is 48.2. The van der Waals surface area contributed by atoms with Gasteiger partial charge in [0.25, 0.3) is 5.91 Å². The molecule has 23 heteroatoms. The Hall–Kier alpha value is -5.42. The molecule has 336 valence electrons. The third kappa shape index (κ3) is 14.6. The van der Waals surface area contributed by atoms with E-state index in [0.717, 1.165) is 38.1 Å². The van der Waals surface area contributed by atoms with Crippen LogP contribution in [0.25, 0.3) is 0 Å². The summed E-state index contributed by atoms with van der Waals surface area (Å²) in [6.07, 6.45) is 0.113. The van der Waals surface area contributed by atoms with Crippen LogP contribution in [0, 0.1) is 0 Å². The van der Waals surface area contributed by atoms with E-state index >= 15 is 0 Å². The summed E-state index contributed by atoms with van der Waals surface area (Å²) in [6.45, 7) is 8.80. The fraction of sp³-hybridized carbons (Fsp3) is 0.579. The number of amides is 1. The number of aromatic carboxylic acids is 1. The van der Waals surface area contributed by atoms with Crippen LogP contribution < -0.4 is 14.8 Å². The number of ether oxygens (including phenoxy) is 2. The number of carboxylic acid groups (broad SMARTS) is 1. The fourth-order valence-electron chi connectivity index (χ4n) is 6.00. The smallest absolute Gasteiger partial charge is 0.422 e. The minimum Gasteiger partial charge on any atom is -0.477 e. The number of halogens is 6. The molecule has 2 aliphatic rings. The van der Waals surface area contributed by atoms with E-state index in [-0.39, 0.29) is 30.1 Å². The first-order valence-corrected chi connectivity index (χ1v) is 19.2. The number of likely N-dealkylation sites (tertiary alicyclic amines) is 1. The van der Waals surface area contributed by atoms with Crippen LogP contribution >= 0.6 is 0 Å². The van der Waals surface area contributed by atoms with Crippen molar-refractivity contribution < 1.29 is 60.7 Å². The largest absolute Gasteiger partial charge is 0.477 e. The Morgan fingerprint density at radius 1 is 0.754 bits per heavy atom. The zero-order valence-electron chi connectivity index (χ0n) is 34.4. The second-order valence-corrected chi connectivity index (χ2v) is 15.6. The molecule has 6 heterocycles. The number of alkyl halides is 6. The molecule has 1 amide bonds. The van der Waals surface area contributed by atoms with E-state index in [4.69, 9.17) is 9.84 Å². The molecule has 2 fully saturated rings. The highest BCUT2D eigenvalue weighted by atomic mass is 19.4. The molecule has 4 aromatic rings. The van der Waals surface area contributed by atoms with Crippen LogP contribution in [0.2, 0.25) is 0 Å². The highest BCUT2D eigenvalue weighted by molar-refractivity contribution is 5.96. The van der Waals surface area contributed by atoms with Crippen molar-refractivity contribution in [3.05, 3.63) is 71.6 Å². The van der Waals surface area contributed by atoms with Gasteiger partial charge in [0.05, 0.1) is 24.5 Å². The molecular formula is C38H50F6N10O7. The minimum atomic E-state index is -4.54. The van der Waals surface area contributed by atoms with Crippen molar-refractivity contribution in [1.29, 1.82) is 0 Å². The second kappa shape index (κ2) is 20.0. The summed E-state index contributed by atoms with van der Waals surface area (Å²) in [5.41, 5.74) is -1.44. The fourth-order valence-corrected chi connectivity index (χ4v) is 6.00. The normalized spacial score (nSPS) is 19.8. The summed E-state index contributed by atoms with van der Waals surface area (Å²) in [5, 5.41) is 49.0. The number of carboxylic acids is 1. The van der Waals surface area contributed by atoms with Gasteiger partial charge in [-0.3, -0.25) is 4.79 Å². The van der Waals surface area contributed by atoms with E-state index in [1.807, 2.05) is 6.92 Å². The van der Waals surface area contributed by atoms with Gasteiger partial charge in [-0.2, -0.15) is 56.3 Å². The predicted octanol–water partition coefficient (Wildman–Crippen LogP) is 5.25. The van der Waals surface area contributed by atoms with Gasteiger partial charge >= 0.3 is 18.3 Å². The van der Waals surface area contributed by atoms with Gasteiger partial charge in [0.15, 0.2) is 13.2 Å². The van der Waals surface area contributed by atoms with Gasteiger partial charge < -0.3 is 35.0 Å². The molecule has 2 aliphatic heterocycles. The van der Waals surface area contributed by atoms with Crippen LogP contribution in [0.5, 0.6) is 11.8 Å². The van der Waals surface area contributed by atoms with Crippen LogP contribution in [0.4, 0.5) is 26.3 Å². The highest BCUT2D eigenvalue weighted by Crippen LogP contribution is 2.30. The van der Waals surface area contributed by atoms with Crippen LogP contribution in [0.1, 0.15) is 111 Å². The van der Waals surface area contributed by atoms with Crippen LogP contribution in [0.15, 0.2) is 49.1 Å². The number of aliphatic hydroxyl groups is 2. The maximum absolute atomic E-state index is 13.1. The lowest BCUT2D eigenvalue weighted by atomic mass is 9.98. The maximum Gasteiger partial charge on any atom is 0.422 e. The monoisotopic (exact) mass is 872 g/mol. The summed E-state index contributed by atoms with van der Waals surface area (Å²) in [5.74, 6) is -2.74. The van der Waals surface area contributed by atoms with Gasteiger partial charge in [-0.25, -0.2) is 14.8 Å². The van der Waals surface area contributed by atoms with Gasteiger partial charge in [0.1, 0.15) is 33.7 Å². The van der Waals surface area contributed by atoms with Crippen LogP contribution in [-0.4, -0.2) is 123 Å². The molecule has 2 saturated heterocycles. The van der Waals surface area contributed by atoms with Crippen LogP contribution in [-0.2, 0) is 11.2 Å². The van der Waals surface area contributed by atoms with Crippen molar-refractivity contribution >= 4 is 11.9 Å². The molecule has 4 N–H and O–H groups in total. The summed E-state index contributed by atoms with van der Waals surface area (Å²) < 4.78 is 81.9. The van der Waals surface area contributed by atoms with Gasteiger partial charge in [0, 0.05) is 37.6 Å². The van der Waals surface area contributed by atoms with Crippen molar-refractivity contribution in [2.45, 2.75) is 115 Å². The number of carbonyl (C=O) groups is 2. The summed E-state index contributed by atoms with van der Waals surface area (Å²) >= 11 is 0. The lowest BCUT2D eigenvalue weighted by molar-refractivity contribution is -0.154. The molecule has 0 aliphatic carbocycles. The number of rotatable bonds is 10.